The summed E-state index contributed by atoms with van der Waals surface area (Å²) in [5.74, 6) is 0.228. The average Bonchev–Trinajstić information content (AvgIpc) is 2.81. The predicted molar refractivity (Wildman–Crippen MR) is 69.4 cm³/mol. The molecule has 0 aliphatic carbocycles. The number of carbonyl (C=O) groups excluding carboxylic acids is 1. The standard InChI is InChI=1S/C11H10ClN3OS/c12-9-3-1-2-4-10(9)17-7-11(16)15-8-5-13-14-6-8/h1-6H,7H2,(H,13,14)(H,15,16). The van der Waals surface area contributed by atoms with Crippen LogP contribution in [-0.4, -0.2) is 21.9 Å². The maximum atomic E-state index is 11.6. The Balaban J connectivity index is 1.86. The molecule has 4 nitrogen and oxygen atoms in total. The molecule has 17 heavy (non-hydrogen) atoms. The Hall–Kier alpha value is -1.46. The highest BCUT2D eigenvalue weighted by Crippen LogP contribution is 2.26. The number of H-pyrrole nitrogens is 1. The molecule has 6 heteroatoms. The molecule has 0 aliphatic heterocycles. The normalized spacial score (nSPS) is 10.2. The highest BCUT2D eigenvalue weighted by molar-refractivity contribution is 8.00. The van der Waals surface area contributed by atoms with Gasteiger partial charge in [-0.2, -0.15) is 5.10 Å². The Kier molecular flexibility index (Phi) is 4.06. The van der Waals surface area contributed by atoms with E-state index in [-0.39, 0.29) is 5.91 Å². The molecule has 0 atom stereocenters. The highest BCUT2D eigenvalue weighted by atomic mass is 35.5. The minimum atomic E-state index is -0.0867. The summed E-state index contributed by atoms with van der Waals surface area (Å²) in [5.41, 5.74) is 0.662. The first kappa shape index (κ1) is 12.0. The summed E-state index contributed by atoms with van der Waals surface area (Å²) in [6, 6.07) is 7.44. The zero-order valence-electron chi connectivity index (χ0n) is 8.81. The first-order valence-corrected chi connectivity index (χ1v) is 6.28. The monoisotopic (exact) mass is 267 g/mol. The number of benzene rings is 1. The van der Waals surface area contributed by atoms with Crippen molar-refractivity contribution in [3.63, 3.8) is 0 Å². The number of nitrogens with one attached hydrogen (secondary N) is 2. The number of carbonyl (C=O) groups is 1. The lowest BCUT2D eigenvalue weighted by molar-refractivity contribution is -0.113. The maximum absolute atomic E-state index is 11.6. The number of anilines is 1. The zero-order valence-corrected chi connectivity index (χ0v) is 10.4. The Labute approximate surface area is 108 Å². The third kappa shape index (κ3) is 3.51. The van der Waals surface area contributed by atoms with Crippen molar-refractivity contribution in [2.24, 2.45) is 0 Å². The summed E-state index contributed by atoms with van der Waals surface area (Å²) in [4.78, 5) is 12.5. The molecular weight excluding hydrogens is 258 g/mol. The second-order valence-electron chi connectivity index (χ2n) is 3.25. The van der Waals surface area contributed by atoms with Gasteiger partial charge in [0.15, 0.2) is 0 Å². The molecule has 2 aromatic rings. The zero-order chi connectivity index (χ0) is 12.1. The molecule has 0 aliphatic rings. The van der Waals surface area contributed by atoms with Gasteiger partial charge in [-0.3, -0.25) is 9.89 Å². The number of rotatable bonds is 4. The van der Waals surface area contributed by atoms with Crippen LogP contribution >= 0.6 is 23.4 Å². The molecule has 2 rings (SSSR count). The minimum absolute atomic E-state index is 0.0867. The molecule has 0 spiro atoms. The van der Waals surface area contributed by atoms with E-state index in [1.807, 2.05) is 18.2 Å². The number of amides is 1. The topological polar surface area (TPSA) is 57.8 Å². The molecular formula is C11H10ClN3OS. The molecule has 0 radical (unpaired) electrons. The smallest absolute Gasteiger partial charge is 0.234 e. The van der Waals surface area contributed by atoms with Crippen LogP contribution < -0.4 is 5.32 Å². The van der Waals surface area contributed by atoms with Crippen LogP contribution in [0.4, 0.5) is 5.69 Å². The van der Waals surface area contributed by atoms with Crippen LogP contribution in [0.3, 0.4) is 0 Å². The fraction of sp³-hybridized carbons (Fsp3) is 0.0909. The average molecular weight is 268 g/mol. The van der Waals surface area contributed by atoms with Crippen LogP contribution in [0, 0.1) is 0 Å². The van der Waals surface area contributed by atoms with Crippen molar-refractivity contribution in [1.29, 1.82) is 0 Å². The summed E-state index contributed by atoms with van der Waals surface area (Å²) in [6.45, 7) is 0. The van der Waals surface area contributed by atoms with Crippen molar-refractivity contribution in [3.8, 4) is 0 Å². The van der Waals surface area contributed by atoms with E-state index in [4.69, 9.17) is 11.6 Å². The molecule has 1 heterocycles. The lowest BCUT2D eigenvalue weighted by atomic mass is 10.4. The first-order valence-electron chi connectivity index (χ1n) is 4.91. The molecule has 0 saturated heterocycles. The fourth-order valence-corrected chi connectivity index (χ4v) is 2.26. The number of hydrogen-bond acceptors (Lipinski definition) is 3. The van der Waals surface area contributed by atoms with Gasteiger partial charge in [-0.25, -0.2) is 0 Å². The first-order chi connectivity index (χ1) is 8.25. The van der Waals surface area contributed by atoms with E-state index in [9.17, 15) is 4.79 Å². The van der Waals surface area contributed by atoms with Crippen molar-refractivity contribution < 1.29 is 4.79 Å². The van der Waals surface area contributed by atoms with Crippen LogP contribution in [0.5, 0.6) is 0 Å². The van der Waals surface area contributed by atoms with Crippen molar-refractivity contribution in [3.05, 3.63) is 41.7 Å². The highest BCUT2D eigenvalue weighted by Gasteiger charge is 2.06. The van der Waals surface area contributed by atoms with Crippen molar-refractivity contribution in [2.75, 3.05) is 11.1 Å². The van der Waals surface area contributed by atoms with Crippen LogP contribution in [0.25, 0.3) is 0 Å². The lowest BCUT2D eigenvalue weighted by Crippen LogP contribution is -2.13. The van der Waals surface area contributed by atoms with Crippen molar-refractivity contribution in [2.45, 2.75) is 4.90 Å². The number of hydrogen-bond donors (Lipinski definition) is 2. The molecule has 2 N–H and O–H groups in total. The van der Waals surface area contributed by atoms with Crippen molar-refractivity contribution >= 4 is 35.0 Å². The largest absolute Gasteiger partial charge is 0.323 e. The lowest BCUT2D eigenvalue weighted by Gasteiger charge is -2.03. The van der Waals surface area contributed by atoms with Crippen molar-refractivity contribution in [1.82, 2.24) is 10.2 Å². The van der Waals surface area contributed by atoms with Gasteiger partial charge in [0.05, 0.1) is 22.7 Å². The predicted octanol–water partition coefficient (Wildman–Crippen LogP) is 2.79. The van der Waals surface area contributed by atoms with Crippen LogP contribution in [-0.2, 0) is 4.79 Å². The third-order valence-electron chi connectivity index (χ3n) is 1.98. The number of thioether (sulfide) groups is 1. The minimum Gasteiger partial charge on any atom is -0.323 e. The van der Waals surface area contributed by atoms with Crippen LogP contribution in [0.2, 0.25) is 5.02 Å². The quantitative estimate of drug-likeness (QED) is 0.838. The summed E-state index contributed by atoms with van der Waals surface area (Å²) in [5, 5.41) is 9.74. The molecule has 1 aromatic heterocycles. The number of aromatic amines is 1. The van der Waals surface area contributed by atoms with Gasteiger partial charge in [0, 0.05) is 11.1 Å². The molecule has 88 valence electrons. The van der Waals surface area contributed by atoms with Gasteiger partial charge in [0.1, 0.15) is 0 Å². The number of aromatic nitrogens is 2. The Morgan fingerprint density at radius 1 is 1.47 bits per heavy atom. The summed E-state index contributed by atoms with van der Waals surface area (Å²) >= 11 is 7.39. The van der Waals surface area contributed by atoms with Crippen LogP contribution in [0.1, 0.15) is 0 Å². The van der Waals surface area contributed by atoms with Gasteiger partial charge in [-0.05, 0) is 12.1 Å². The van der Waals surface area contributed by atoms with E-state index in [0.29, 0.717) is 16.5 Å². The van der Waals surface area contributed by atoms with Gasteiger partial charge in [0.25, 0.3) is 0 Å². The van der Waals surface area contributed by atoms with E-state index in [1.165, 1.54) is 11.8 Å². The SMILES string of the molecule is O=C(CSc1ccccc1Cl)Nc1cn[nH]c1. The van der Waals surface area contributed by atoms with E-state index in [2.05, 4.69) is 15.5 Å². The summed E-state index contributed by atoms with van der Waals surface area (Å²) < 4.78 is 0. The van der Waals surface area contributed by atoms with E-state index < -0.39 is 0 Å². The second-order valence-corrected chi connectivity index (χ2v) is 4.68. The number of nitrogens with zero attached hydrogens (tertiary/aromatic N) is 1. The fourth-order valence-electron chi connectivity index (χ4n) is 1.22. The molecule has 0 saturated carbocycles. The van der Waals surface area contributed by atoms with E-state index in [1.54, 1.807) is 18.5 Å². The molecule has 1 aromatic carbocycles. The van der Waals surface area contributed by atoms with Gasteiger partial charge < -0.3 is 5.32 Å². The Morgan fingerprint density at radius 3 is 3.00 bits per heavy atom. The molecule has 0 fully saturated rings. The van der Waals surface area contributed by atoms with Gasteiger partial charge >= 0.3 is 0 Å². The summed E-state index contributed by atoms with van der Waals surface area (Å²) in [6.07, 6.45) is 3.18. The number of halogens is 1. The second kappa shape index (κ2) is 5.75. The maximum Gasteiger partial charge on any atom is 0.234 e. The van der Waals surface area contributed by atoms with Crippen LogP contribution in [0.15, 0.2) is 41.6 Å². The van der Waals surface area contributed by atoms with Gasteiger partial charge in [-0.1, -0.05) is 23.7 Å². The molecule has 1 amide bonds. The molecule has 0 unspecified atom stereocenters. The van der Waals surface area contributed by atoms with Gasteiger partial charge in [0.2, 0.25) is 5.91 Å². The third-order valence-corrected chi connectivity index (χ3v) is 3.49. The van der Waals surface area contributed by atoms with E-state index in [0.717, 1.165) is 4.90 Å². The molecule has 0 bridgehead atoms. The summed E-state index contributed by atoms with van der Waals surface area (Å²) in [7, 11) is 0. The Morgan fingerprint density at radius 2 is 2.29 bits per heavy atom. The van der Waals surface area contributed by atoms with E-state index >= 15 is 0 Å². The van der Waals surface area contributed by atoms with Gasteiger partial charge in [-0.15, -0.1) is 11.8 Å². The Bertz CT molecular complexity index is 501.